The molecule has 1 N–H and O–H groups in total. The average molecular weight is 369 g/mol. The molecular formula is C21H23NO5. The van der Waals surface area contributed by atoms with Crippen LogP contribution in [0.15, 0.2) is 46.9 Å². The van der Waals surface area contributed by atoms with Gasteiger partial charge in [0.2, 0.25) is 0 Å². The van der Waals surface area contributed by atoms with Gasteiger partial charge in [-0.3, -0.25) is 4.79 Å². The van der Waals surface area contributed by atoms with Gasteiger partial charge in [0, 0.05) is 10.9 Å². The zero-order chi connectivity index (χ0) is 19.2. The molecule has 3 rings (SSSR count). The van der Waals surface area contributed by atoms with Gasteiger partial charge in [0.05, 0.1) is 20.3 Å². The zero-order valence-electron chi connectivity index (χ0n) is 15.7. The summed E-state index contributed by atoms with van der Waals surface area (Å²) in [5.41, 5.74) is 1.45. The van der Waals surface area contributed by atoms with Crippen molar-refractivity contribution in [3.63, 3.8) is 0 Å². The fraction of sp³-hybridized carbons (Fsp3) is 0.286. The minimum Gasteiger partial charge on any atom is -0.494 e. The second-order valence-corrected chi connectivity index (χ2v) is 5.90. The van der Waals surface area contributed by atoms with E-state index in [1.807, 2.05) is 56.3 Å². The van der Waals surface area contributed by atoms with Crippen LogP contribution < -0.4 is 19.5 Å². The Morgan fingerprint density at radius 2 is 1.89 bits per heavy atom. The van der Waals surface area contributed by atoms with Gasteiger partial charge in [-0.25, -0.2) is 0 Å². The van der Waals surface area contributed by atoms with Gasteiger partial charge in [-0.2, -0.15) is 0 Å². The fourth-order valence-electron chi connectivity index (χ4n) is 2.82. The van der Waals surface area contributed by atoms with Crippen LogP contribution in [0.5, 0.6) is 17.2 Å². The van der Waals surface area contributed by atoms with E-state index in [1.165, 1.54) is 0 Å². The Hall–Kier alpha value is -3.15. The van der Waals surface area contributed by atoms with Gasteiger partial charge >= 0.3 is 0 Å². The first-order chi connectivity index (χ1) is 13.1. The Bertz CT molecular complexity index is 931. The van der Waals surface area contributed by atoms with Crippen molar-refractivity contribution in [3.8, 4) is 17.2 Å². The van der Waals surface area contributed by atoms with Gasteiger partial charge in [-0.1, -0.05) is 12.1 Å². The summed E-state index contributed by atoms with van der Waals surface area (Å²) < 4.78 is 22.1. The predicted molar refractivity (Wildman–Crippen MR) is 103 cm³/mol. The van der Waals surface area contributed by atoms with Crippen molar-refractivity contribution in [1.29, 1.82) is 0 Å². The molecule has 0 aliphatic heterocycles. The van der Waals surface area contributed by atoms with Crippen LogP contribution >= 0.6 is 0 Å². The maximum Gasteiger partial charge on any atom is 0.287 e. The highest BCUT2D eigenvalue weighted by Crippen LogP contribution is 2.29. The molecule has 2 aromatic carbocycles. The molecule has 1 heterocycles. The van der Waals surface area contributed by atoms with Crippen LogP contribution in [0.25, 0.3) is 11.0 Å². The molecular weight excluding hydrogens is 346 g/mol. The molecule has 0 aliphatic rings. The van der Waals surface area contributed by atoms with E-state index in [0.717, 1.165) is 16.7 Å². The van der Waals surface area contributed by atoms with Crippen molar-refractivity contribution in [1.82, 2.24) is 5.32 Å². The molecule has 0 aliphatic carbocycles. The highest BCUT2D eigenvalue weighted by Gasteiger charge is 2.18. The van der Waals surface area contributed by atoms with E-state index in [1.54, 1.807) is 7.11 Å². The maximum absolute atomic E-state index is 12.5. The van der Waals surface area contributed by atoms with Crippen molar-refractivity contribution in [2.45, 2.75) is 13.8 Å². The second-order valence-electron chi connectivity index (χ2n) is 5.90. The molecule has 1 aromatic heterocycles. The number of nitrogens with one attached hydrogen (secondary N) is 1. The normalized spacial score (nSPS) is 10.6. The van der Waals surface area contributed by atoms with Crippen LogP contribution in [0.1, 0.15) is 23.0 Å². The third-order valence-corrected chi connectivity index (χ3v) is 4.14. The number of hydrogen-bond acceptors (Lipinski definition) is 5. The summed E-state index contributed by atoms with van der Waals surface area (Å²) in [5.74, 6) is 2.08. The summed E-state index contributed by atoms with van der Waals surface area (Å²) in [6.07, 6.45) is 0. The fourth-order valence-corrected chi connectivity index (χ4v) is 2.82. The maximum atomic E-state index is 12.5. The number of furan rings is 1. The van der Waals surface area contributed by atoms with Crippen molar-refractivity contribution in [3.05, 3.63) is 53.8 Å². The first-order valence-corrected chi connectivity index (χ1v) is 8.84. The van der Waals surface area contributed by atoms with Crippen molar-refractivity contribution in [2.75, 3.05) is 26.9 Å². The van der Waals surface area contributed by atoms with E-state index >= 15 is 0 Å². The summed E-state index contributed by atoms with van der Waals surface area (Å²) in [7, 11) is 1.59. The highest BCUT2D eigenvalue weighted by molar-refractivity contribution is 5.99. The lowest BCUT2D eigenvalue weighted by Crippen LogP contribution is -2.28. The van der Waals surface area contributed by atoms with Crippen molar-refractivity contribution in [2.24, 2.45) is 0 Å². The minimum atomic E-state index is -0.273. The number of benzene rings is 2. The number of rotatable bonds is 8. The third-order valence-electron chi connectivity index (χ3n) is 4.14. The molecule has 0 bridgehead atoms. The number of para-hydroxylation sites is 2. The molecule has 0 unspecified atom stereocenters. The van der Waals surface area contributed by atoms with Gasteiger partial charge in [0.1, 0.15) is 17.9 Å². The highest BCUT2D eigenvalue weighted by atomic mass is 16.5. The molecule has 0 radical (unpaired) electrons. The number of carbonyl (C=O) groups is 1. The predicted octanol–water partition coefficient (Wildman–Crippen LogP) is 3.96. The van der Waals surface area contributed by atoms with Crippen molar-refractivity contribution < 1.29 is 23.4 Å². The molecule has 1 amide bonds. The number of carbonyl (C=O) groups excluding carboxylic acids is 1. The van der Waals surface area contributed by atoms with E-state index in [-0.39, 0.29) is 5.91 Å². The van der Waals surface area contributed by atoms with E-state index in [4.69, 9.17) is 18.6 Å². The van der Waals surface area contributed by atoms with Gasteiger partial charge in [-0.05, 0) is 44.2 Å². The van der Waals surface area contributed by atoms with Crippen LogP contribution in [0.3, 0.4) is 0 Å². The topological polar surface area (TPSA) is 69.9 Å². The summed E-state index contributed by atoms with van der Waals surface area (Å²) >= 11 is 0. The van der Waals surface area contributed by atoms with Crippen LogP contribution in [-0.2, 0) is 0 Å². The van der Waals surface area contributed by atoms with Gasteiger partial charge in [-0.15, -0.1) is 0 Å². The lowest BCUT2D eigenvalue weighted by molar-refractivity contribution is 0.0920. The Morgan fingerprint density at radius 3 is 2.63 bits per heavy atom. The smallest absolute Gasteiger partial charge is 0.287 e. The first kappa shape index (κ1) is 18.6. The molecule has 0 spiro atoms. The Balaban J connectivity index is 1.61. The van der Waals surface area contributed by atoms with E-state index < -0.39 is 0 Å². The number of methoxy groups -OCH3 is 1. The minimum absolute atomic E-state index is 0.273. The largest absolute Gasteiger partial charge is 0.494 e. The number of hydrogen-bond donors (Lipinski definition) is 1. The molecule has 27 heavy (non-hydrogen) atoms. The molecule has 0 saturated heterocycles. The monoisotopic (exact) mass is 369 g/mol. The molecule has 0 saturated carbocycles. The number of ether oxygens (including phenoxy) is 3. The number of aryl methyl sites for hydroxylation is 1. The summed E-state index contributed by atoms with van der Waals surface area (Å²) in [6, 6.07) is 12.9. The van der Waals surface area contributed by atoms with Gasteiger partial charge in [0.25, 0.3) is 5.91 Å². The standard InChI is InChI=1S/C21H23NO5/c1-4-25-15-9-10-17-16(13-15)14(2)20(27-17)21(23)22-11-12-26-19-8-6-5-7-18(19)24-3/h5-10,13H,4,11-12H2,1-3H3,(H,22,23). The quantitative estimate of drug-likeness (QED) is 0.609. The van der Waals surface area contributed by atoms with Crippen molar-refractivity contribution >= 4 is 16.9 Å². The van der Waals surface area contributed by atoms with E-state index in [9.17, 15) is 4.79 Å². The van der Waals surface area contributed by atoms with Crippen LogP contribution in [0, 0.1) is 6.92 Å². The Morgan fingerprint density at radius 1 is 1.11 bits per heavy atom. The van der Waals surface area contributed by atoms with Gasteiger partial charge < -0.3 is 23.9 Å². The summed E-state index contributed by atoms with van der Waals surface area (Å²) in [4.78, 5) is 12.5. The molecule has 0 fully saturated rings. The second kappa shape index (κ2) is 8.49. The van der Waals surface area contributed by atoms with Crippen LogP contribution in [0.4, 0.5) is 0 Å². The first-order valence-electron chi connectivity index (χ1n) is 8.84. The lowest BCUT2D eigenvalue weighted by Gasteiger charge is -2.10. The van der Waals surface area contributed by atoms with E-state index in [2.05, 4.69) is 5.32 Å². The number of fused-ring (bicyclic) bond motifs is 1. The average Bonchev–Trinajstić information content (AvgIpc) is 3.02. The van der Waals surface area contributed by atoms with Crippen LogP contribution in [0.2, 0.25) is 0 Å². The van der Waals surface area contributed by atoms with E-state index in [0.29, 0.717) is 42.6 Å². The Labute approximate surface area is 158 Å². The summed E-state index contributed by atoms with van der Waals surface area (Å²) in [5, 5.41) is 3.69. The van der Waals surface area contributed by atoms with Gasteiger partial charge in [0.15, 0.2) is 17.3 Å². The SMILES string of the molecule is CCOc1ccc2oc(C(=O)NCCOc3ccccc3OC)c(C)c2c1. The lowest BCUT2D eigenvalue weighted by atomic mass is 10.1. The molecule has 0 atom stereocenters. The molecule has 142 valence electrons. The molecule has 6 nitrogen and oxygen atoms in total. The molecule has 6 heteroatoms. The zero-order valence-corrected chi connectivity index (χ0v) is 15.7. The number of amides is 1. The third kappa shape index (κ3) is 4.16. The van der Waals surface area contributed by atoms with Crippen LogP contribution in [-0.4, -0.2) is 32.8 Å². The molecule has 3 aromatic rings. The Kier molecular flexibility index (Phi) is 5.86. The summed E-state index contributed by atoms with van der Waals surface area (Å²) in [6.45, 7) is 5.04.